The van der Waals surface area contributed by atoms with Gasteiger partial charge in [0.25, 0.3) is 5.91 Å². The van der Waals surface area contributed by atoms with Crippen LogP contribution in [0.25, 0.3) is 5.69 Å². The SMILES string of the molecule is CNCC1CCN(C(=O)c2cnn(-c3ccc(Cl)cc3Cl)c2)CC1. The number of likely N-dealkylation sites (tertiary alicyclic amines) is 1. The van der Waals surface area contributed by atoms with Crippen LogP contribution in [-0.2, 0) is 0 Å². The largest absolute Gasteiger partial charge is 0.339 e. The zero-order chi connectivity index (χ0) is 17.1. The fourth-order valence-corrected chi connectivity index (χ4v) is 3.54. The molecule has 2 heterocycles. The Bertz CT molecular complexity index is 723. The lowest BCUT2D eigenvalue weighted by atomic mass is 9.96. The summed E-state index contributed by atoms with van der Waals surface area (Å²) in [6, 6.07) is 5.20. The molecule has 0 radical (unpaired) electrons. The van der Waals surface area contributed by atoms with Gasteiger partial charge in [0.05, 0.1) is 22.5 Å². The van der Waals surface area contributed by atoms with Gasteiger partial charge in [-0.25, -0.2) is 4.68 Å². The van der Waals surface area contributed by atoms with Crippen molar-refractivity contribution in [2.75, 3.05) is 26.7 Å². The summed E-state index contributed by atoms with van der Waals surface area (Å²) in [7, 11) is 1.97. The van der Waals surface area contributed by atoms with Crippen LogP contribution in [0.1, 0.15) is 23.2 Å². The zero-order valence-corrected chi connectivity index (χ0v) is 15.0. The molecule has 1 aliphatic heterocycles. The molecule has 1 aromatic heterocycles. The third-order valence-electron chi connectivity index (χ3n) is 4.38. The average molecular weight is 367 g/mol. The van der Waals surface area contributed by atoms with Crippen molar-refractivity contribution < 1.29 is 4.79 Å². The van der Waals surface area contributed by atoms with Crippen LogP contribution in [0.5, 0.6) is 0 Å². The summed E-state index contributed by atoms with van der Waals surface area (Å²) >= 11 is 12.1. The number of carbonyl (C=O) groups excluding carboxylic acids is 1. The molecule has 1 aromatic carbocycles. The molecule has 7 heteroatoms. The molecule has 3 rings (SSSR count). The van der Waals surface area contributed by atoms with Crippen LogP contribution in [0.3, 0.4) is 0 Å². The summed E-state index contributed by atoms with van der Waals surface area (Å²) in [5.74, 6) is 0.670. The molecule has 1 N–H and O–H groups in total. The number of hydrogen-bond acceptors (Lipinski definition) is 3. The topological polar surface area (TPSA) is 50.2 Å². The van der Waals surface area contributed by atoms with E-state index in [-0.39, 0.29) is 5.91 Å². The summed E-state index contributed by atoms with van der Waals surface area (Å²) in [5, 5.41) is 8.54. The fraction of sp³-hybridized carbons (Fsp3) is 0.412. The van der Waals surface area contributed by atoms with E-state index in [9.17, 15) is 4.79 Å². The smallest absolute Gasteiger partial charge is 0.257 e. The number of hydrogen-bond donors (Lipinski definition) is 1. The maximum atomic E-state index is 12.7. The van der Waals surface area contributed by atoms with Crippen LogP contribution in [0, 0.1) is 5.92 Å². The highest BCUT2D eigenvalue weighted by molar-refractivity contribution is 6.35. The Kier molecular flexibility index (Phi) is 5.43. The lowest BCUT2D eigenvalue weighted by molar-refractivity contribution is 0.0691. The van der Waals surface area contributed by atoms with Crippen molar-refractivity contribution in [2.45, 2.75) is 12.8 Å². The van der Waals surface area contributed by atoms with Crippen molar-refractivity contribution in [1.82, 2.24) is 20.0 Å². The quantitative estimate of drug-likeness (QED) is 0.903. The third-order valence-corrected chi connectivity index (χ3v) is 4.92. The standard InChI is InChI=1S/C17H20Cl2N4O/c1-20-9-12-4-6-22(7-5-12)17(24)13-10-21-23(11-13)16-3-2-14(18)8-15(16)19/h2-3,8,10-12,20H,4-7,9H2,1H3. The van der Waals surface area contributed by atoms with Crippen molar-refractivity contribution in [1.29, 1.82) is 0 Å². The first-order valence-electron chi connectivity index (χ1n) is 8.02. The van der Waals surface area contributed by atoms with Crippen LogP contribution < -0.4 is 5.32 Å². The summed E-state index contributed by atoms with van der Waals surface area (Å²) in [4.78, 5) is 14.6. The van der Waals surface area contributed by atoms with Gasteiger partial charge in [-0.2, -0.15) is 5.10 Å². The zero-order valence-electron chi connectivity index (χ0n) is 13.5. The molecule has 0 bridgehead atoms. The Morgan fingerprint density at radius 3 is 2.75 bits per heavy atom. The van der Waals surface area contributed by atoms with E-state index in [1.165, 1.54) is 0 Å². The van der Waals surface area contributed by atoms with E-state index < -0.39 is 0 Å². The van der Waals surface area contributed by atoms with E-state index in [1.807, 2.05) is 11.9 Å². The van der Waals surface area contributed by atoms with E-state index in [2.05, 4.69) is 10.4 Å². The molecule has 0 saturated carbocycles. The molecule has 0 aliphatic carbocycles. The second-order valence-electron chi connectivity index (χ2n) is 6.06. The van der Waals surface area contributed by atoms with Gasteiger partial charge in [0.15, 0.2) is 0 Å². The first-order chi connectivity index (χ1) is 11.6. The van der Waals surface area contributed by atoms with Crippen LogP contribution >= 0.6 is 23.2 Å². The first kappa shape index (κ1) is 17.3. The summed E-state index contributed by atoms with van der Waals surface area (Å²) in [6.07, 6.45) is 5.37. The molecule has 1 amide bonds. The molecule has 2 aromatic rings. The van der Waals surface area contributed by atoms with Gasteiger partial charge in [-0.05, 0) is 50.6 Å². The number of halogens is 2. The minimum Gasteiger partial charge on any atom is -0.339 e. The molecule has 128 valence electrons. The fourth-order valence-electron chi connectivity index (χ4n) is 3.04. The Hall–Kier alpha value is -1.56. The predicted octanol–water partition coefficient (Wildman–Crippen LogP) is 3.25. The maximum absolute atomic E-state index is 12.7. The van der Waals surface area contributed by atoms with Crippen molar-refractivity contribution in [3.63, 3.8) is 0 Å². The van der Waals surface area contributed by atoms with Crippen LogP contribution in [0.4, 0.5) is 0 Å². The second-order valence-corrected chi connectivity index (χ2v) is 6.91. The maximum Gasteiger partial charge on any atom is 0.257 e. The molecule has 24 heavy (non-hydrogen) atoms. The van der Waals surface area contributed by atoms with Crippen molar-refractivity contribution in [3.8, 4) is 5.69 Å². The molecule has 0 spiro atoms. The highest BCUT2D eigenvalue weighted by Crippen LogP contribution is 2.24. The van der Waals surface area contributed by atoms with Gasteiger partial charge in [-0.1, -0.05) is 23.2 Å². The number of carbonyl (C=O) groups is 1. The molecule has 1 aliphatic rings. The summed E-state index contributed by atoms with van der Waals surface area (Å²) in [5.41, 5.74) is 1.28. The van der Waals surface area contributed by atoms with Crippen molar-refractivity contribution >= 4 is 29.1 Å². The van der Waals surface area contributed by atoms with E-state index in [0.29, 0.717) is 27.2 Å². The highest BCUT2D eigenvalue weighted by atomic mass is 35.5. The molecule has 0 atom stereocenters. The summed E-state index contributed by atoms with van der Waals surface area (Å²) < 4.78 is 1.61. The van der Waals surface area contributed by atoms with Gasteiger partial charge in [0.1, 0.15) is 0 Å². The van der Waals surface area contributed by atoms with Crippen LogP contribution in [0.2, 0.25) is 10.0 Å². The Morgan fingerprint density at radius 2 is 2.08 bits per heavy atom. The number of nitrogens with zero attached hydrogens (tertiary/aromatic N) is 3. The number of aromatic nitrogens is 2. The molecule has 0 unspecified atom stereocenters. The first-order valence-corrected chi connectivity index (χ1v) is 8.78. The van der Waals surface area contributed by atoms with Gasteiger partial charge < -0.3 is 10.2 Å². The van der Waals surface area contributed by atoms with Crippen molar-refractivity contribution in [3.05, 3.63) is 46.2 Å². The molecule has 1 fully saturated rings. The highest BCUT2D eigenvalue weighted by Gasteiger charge is 2.24. The van der Waals surface area contributed by atoms with Crippen molar-refractivity contribution in [2.24, 2.45) is 5.92 Å². The minimum absolute atomic E-state index is 0.0224. The van der Waals surface area contributed by atoms with E-state index in [1.54, 1.807) is 35.3 Å². The number of nitrogens with one attached hydrogen (secondary N) is 1. The lowest BCUT2D eigenvalue weighted by Gasteiger charge is -2.31. The minimum atomic E-state index is 0.0224. The molecule has 5 nitrogen and oxygen atoms in total. The average Bonchev–Trinajstić information content (AvgIpc) is 3.05. The normalized spacial score (nSPS) is 15.7. The number of amides is 1. The Labute approximate surface area is 151 Å². The van der Waals surface area contributed by atoms with Gasteiger partial charge in [-0.15, -0.1) is 0 Å². The van der Waals surface area contributed by atoms with E-state index in [4.69, 9.17) is 23.2 Å². The number of piperidine rings is 1. The Balaban J connectivity index is 1.70. The Morgan fingerprint density at radius 1 is 1.33 bits per heavy atom. The van der Waals surface area contributed by atoms with E-state index in [0.717, 1.165) is 32.5 Å². The van der Waals surface area contributed by atoms with Gasteiger partial charge in [0, 0.05) is 24.3 Å². The van der Waals surface area contributed by atoms with Gasteiger partial charge in [0.2, 0.25) is 0 Å². The lowest BCUT2D eigenvalue weighted by Crippen LogP contribution is -2.40. The van der Waals surface area contributed by atoms with Crippen LogP contribution in [-0.4, -0.2) is 47.3 Å². The van der Waals surface area contributed by atoms with Gasteiger partial charge >= 0.3 is 0 Å². The van der Waals surface area contributed by atoms with Gasteiger partial charge in [-0.3, -0.25) is 4.79 Å². The predicted molar refractivity (Wildman–Crippen MR) is 96.1 cm³/mol. The van der Waals surface area contributed by atoms with Crippen LogP contribution in [0.15, 0.2) is 30.6 Å². The molecular formula is C17H20Cl2N4O. The second kappa shape index (κ2) is 7.55. The number of rotatable bonds is 4. The summed E-state index contributed by atoms with van der Waals surface area (Å²) in [6.45, 7) is 2.59. The molecule has 1 saturated heterocycles. The third kappa shape index (κ3) is 3.74. The van der Waals surface area contributed by atoms with E-state index >= 15 is 0 Å². The molecular weight excluding hydrogens is 347 g/mol. The number of benzene rings is 1. The monoisotopic (exact) mass is 366 g/mol.